The minimum absolute atomic E-state index is 0.132. The minimum atomic E-state index is -0.771. The number of nitrogens with zero attached hydrogens (tertiary/aromatic N) is 1. The quantitative estimate of drug-likeness (QED) is 0.775. The van der Waals surface area contributed by atoms with Gasteiger partial charge >= 0.3 is 5.97 Å². The fraction of sp³-hybridized carbons (Fsp3) is 0.846. The van der Waals surface area contributed by atoms with Crippen LogP contribution in [0.1, 0.15) is 32.1 Å². The summed E-state index contributed by atoms with van der Waals surface area (Å²) in [5.74, 6) is -0.384. The number of carboxylic acid groups (broad SMARTS) is 1. The molecular weight excluding hydrogens is 232 g/mol. The summed E-state index contributed by atoms with van der Waals surface area (Å²) in [5.41, 5.74) is 0. The smallest absolute Gasteiger partial charge is 0.308 e. The average Bonchev–Trinajstić information content (AvgIpc) is 2.89. The number of rotatable bonds is 4. The number of carboxylic acids is 1. The lowest BCUT2D eigenvalue weighted by Gasteiger charge is -2.31. The molecule has 0 radical (unpaired) electrons. The van der Waals surface area contributed by atoms with E-state index in [0.717, 1.165) is 38.9 Å². The SMILES string of the molecule is O=C(O)C1CCCN(C(=O)CCC2CCNC2)C1. The maximum atomic E-state index is 12.0. The van der Waals surface area contributed by atoms with Gasteiger partial charge in [0.25, 0.3) is 0 Å². The zero-order valence-electron chi connectivity index (χ0n) is 10.7. The van der Waals surface area contributed by atoms with Gasteiger partial charge in [-0.15, -0.1) is 0 Å². The predicted molar refractivity (Wildman–Crippen MR) is 67.2 cm³/mol. The van der Waals surface area contributed by atoms with Gasteiger partial charge in [-0.25, -0.2) is 0 Å². The average molecular weight is 254 g/mol. The van der Waals surface area contributed by atoms with Gasteiger partial charge in [0.15, 0.2) is 0 Å². The van der Waals surface area contributed by atoms with E-state index in [1.165, 1.54) is 0 Å². The Morgan fingerprint density at radius 1 is 1.33 bits per heavy atom. The summed E-state index contributed by atoms with van der Waals surface area (Å²) in [7, 11) is 0. The third-order valence-electron chi connectivity index (χ3n) is 4.05. The Labute approximate surface area is 108 Å². The summed E-state index contributed by atoms with van der Waals surface area (Å²) < 4.78 is 0. The maximum absolute atomic E-state index is 12.0. The van der Waals surface area contributed by atoms with Gasteiger partial charge in [-0.3, -0.25) is 9.59 Å². The molecule has 2 N–H and O–H groups in total. The van der Waals surface area contributed by atoms with Crippen LogP contribution in [-0.4, -0.2) is 48.1 Å². The highest BCUT2D eigenvalue weighted by atomic mass is 16.4. The van der Waals surface area contributed by atoms with Crippen molar-refractivity contribution in [3.05, 3.63) is 0 Å². The lowest BCUT2D eigenvalue weighted by molar-refractivity contribution is -0.145. The monoisotopic (exact) mass is 254 g/mol. The van der Waals surface area contributed by atoms with Gasteiger partial charge in [0.1, 0.15) is 0 Å². The Balaban J connectivity index is 1.75. The Kier molecular flexibility index (Phi) is 4.58. The van der Waals surface area contributed by atoms with Gasteiger partial charge in [0.05, 0.1) is 5.92 Å². The second-order valence-electron chi connectivity index (χ2n) is 5.41. The fourth-order valence-corrected chi connectivity index (χ4v) is 2.85. The van der Waals surface area contributed by atoms with Crippen LogP contribution in [0.5, 0.6) is 0 Å². The number of amides is 1. The molecular formula is C13H22N2O3. The number of likely N-dealkylation sites (tertiary alicyclic amines) is 1. The molecule has 2 aliphatic rings. The summed E-state index contributed by atoms with van der Waals surface area (Å²) in [6, 6.07) is 0. The minimum Gasteiger partial charge on any atom is -0.481 e. The van der Waals surface area contributed by atoms with Crippen molar-refractivity contribution < 1.29 is 14.7 Å². The first kappa shape index (κ1) is 13.3. The molecule has 2 atom stereocenters. The second-order valence-corrected chi connectivity index (χ2v) is 5.41. The maximum Gasteiger partial charge on any atom is 0.308 e. The standard InChI is InChI=1S/C13H22N2O3/c16-12(4-3-10-5-6-14-8-10)15-7-1-2-11(9-15)13(17)18/h10-11,14H,1-9H2,(H,17,18). The summed E-state index contributed by atoms with van der Waals surface area (Å²) in [5, 5.41) is 12.3. The first-order valence-electron chi connectivity index (χ1n) is 6.88. The molecule has 18 heavy (non-hydrogen) atoms. The molecule has 2 saturated heterocycles. The van der Waals surface area contributed by atoms with E-state index < -0.39 is 5.97 Å². The van der Waals surface area contributed by atoms with Gasteiger partial charge in [-0.1, -0.05) is 0 Å². The van der Waals surface area contributed by atoms with E-state index in [4.69, 9.17) is 5.11 Å². The van der Waals surface area contributed by atoms with E-state index in [2.05, 4.69) is 5.32 Å². The Bertz CT molecular complexity index is 313. The van der Waals surface area contributed by atoms with E-state index in [0.29, 0.717) is 25.3 Å². The number of carbonyl (C=O) groups excluding carboxylic acids is 1. The summed E-state index contributed by atoms with van der Waals surface area (Å²) >= 11 is 0. The number of nitrogens with one attached hydrogen (secondary N) is 1. The lowest BCUT2D eigenvalue weighted by atomic mass is 9.97. The van der Waals surface area contributed by atoms with Gasteiger partial charge < -0.3 is 15.3 Å². The highest BCUT2D eigenvalue weighted by Gasteiger charge is 2.28. The lowest BCUT2D eigenvalue weighted by Crippen LogP contribution is -2.42. The topological polar surface area (TPSA) is 69.6 Å². The molecule has 5 nitrogen and oxygen atoms in total. The number of carbonyl (C=O) groups is 2. The van der Waals surface area contributed by atoms with E-state index in [1.807, 2.05) is 0 Å². The largest absolute Gasteiger partial charge is 0.481 e. The summed E-state index contributed by atoms with van der Waals surface area (Å²) in [6.07, 6.45) is 4.17. The van der Waals surface area contributed by atoms with Gasteiger partial charge in [0, 0.05) is 19.5 Å². The predicted octanol–water partition coefficient (Wildman–Crippen LogP) is 0.699. The van der Waals surface area contributed by atoms with Crippen molar-refractivity contribution in [1.29, 1.82) is 0 Å². The number of hydrogen-bond donors (Lipinski definition) is 2. The molecule has 0 aromatic carbocycles. The molecule has 1 amide bonds. The molecule has 0 spiro atoms. The highest BCUT2D eigenvalue weighted by molar-refractivity contribution is 5.78. The van der Waals surface area contributed by atoms with Gasteiger partial charge in [-0.05, 0) is 44.7 Å². The molecule has 102 valence electrons. The molecule has 0 aliphatic carbocycles. The number of hydrogen-bond acceptors (Lipinski definition) is 3. The Morgan fingerprint density at radius 3 is 2.83 bits per heavy atom. The van der Waals surface area contributed by atoms with Gasteiger partial charge in [-0.2, -0.15) is 0 Å². The van der Waals surface area contributed by atoms with Crippen LogP contribution in [0.3, 0.4) is 0 Å². The summed E-state index contributed by atoms with van der Waals surface area (Å²) in [4.78, 5) is 24.7. The van der Waals surface area contributed by atoms with E-state index in [9.17, 15) is 9.59 Å². The van der Waals surface area contributed by atoms with Crippen LogP contribution in [0.15, 0.2) is 0 Å². The van der Waals surface area contributed by atoms with Crippen LogP contribution in [0.2, 0.25) is 0 Å². The van der Waals surface area contributed by atoms with Crippen molar-refractivity contribution in [3.63, 3.8) is 0 Å². The number of aliphatic carboxylic acids is 1. The number of piperidine rings is 1. The third kappa shape index (κ3) is 3.45. The summed E-state index contributed by atoms with van der Waals surface area (Å²) in [6.45, 7) is 3.21. The molecule has 0 bridgehead atoms. The molecule has 2 fully saturated rings. The van der Waals surface area contributed by atoms with Crippen LogP contribution in [0.4, 0.5) is 0 Å². The van der Waals surface area contributed by atoms with E-state index >= 15 is 0 Å². The molecule has 2 rings (SSSR count). The van der Waals surface area contributed by atoms with Crippen molar-refractivity contribution in [3.8, 4) is 0 Å². The molecule has 5 heteroatoms. The van der Waals surface area contributed by atoms with Crippen LogP contribution in [0.25, 0.3) is 0 Å². The van der Waals surface area contributed by atoms with Crippen molar-refractivity contribution in [1.82, 2.24) is 10.2 Å². The molecule has 0 saturated carbocycles. The van der Waals surface area contributed by atoms with Crippen LogP contribution < -0.4 is 5.32 Å². The third-order valence-corrected chi connectivity index (χ3v) is 4.05. The first-order valence-corrected chi connectivity index (χ1v) is 6.88. The van der Waals surface area contributed by atoms with Crippen LogP contribution in [-0.2, 0) is 9.59 Å². The first-order chi connectivity index (χ1) is 8.66. The van der Waals surface area contributed by atoms with Crippen LogP contribution in [0, 0.1) is 11.8 Å². The molecule has 2 heterocycles. The van der Waals surface area contributed by atoms with Crippen molar-refractivity contribution in [2.45, 2.75) is 32.1 Å². The van der Waals surface area contributed by atoms with Gasteiger partial charge in [0.2, 0.25) is 5.91 Å². The molecule has 2 aliphatic heterocycles. The van der Waals surface area contributed by atoms with Crippen molar-refractivity contribution in [2.24, 2.45) is 11.8 Å². The Morgan fingerprint density at radius 2 is 2.17 bits per heavy atom. The zero-order valence-corrected chi connectivity index (χ0v) is 10.7. The molecule has 2 unspecified atom stereocenters. The normalized spacial score (nSPS) is 28.3. The fourth-order valence-electron chi connectivity index (χ4n) is 2.85. The van der Waals surface area contributed by atoms with Crippen LogP contribution >= 0.6 is 0 Å². The van der Waals surface area contributed by atoms with E-state index in [1.54, 1.807) is 4.90 Å². The van der Waals surface area contributed by atoms with Crippen molar-refractivity contribution in [2.75, 3.05) is 26.2 Å². The Hall–Kier alpha value is -1.10. The molecule has 0 aromatic heterocycles. The molecule has 0 aromatic rings. The second kappa shape index (κ2) is 6.18. The zero-order chi connectivity index (χ0) is 13.0. The van der Waals surface area contributed by atoms with Crippen molar-refractivity contribution >= 4 is 11.9 Å². The highest BCUT2D eigenvalue weighted by Crippen LogP contribution is 2.20. The van der Waals surface area contributed by atoms with E-state index in [-0.39, 0.29) is 11.8 Å².